The van der Waals surface area contributed by atoms with Crippen LogP contribution in [0.1, 0.15) is 24.8 Å². The van der Waals surface area contributed by atoms with Crippen molar-refractivity contribution in [2.24, 2.45) is 0 Å². The average Bonchev–Trinajstić information content (AvgIpc) is 3.31. The first-order valence-electron chi connectivity index (χ1n) is 7.41. The van der Waals surface area contributed by atoms with Crippen molar-refractivity contribution in [3.05, 3.63) is 29.8 Å². The summed E-state index contributed by atoms with van der Waals surface area (Å²) in [6.45, 7) is 3.63. The summed E-state index contributed by atoms with van der Waals surface area (Å²) < 4.78 is 5.19. The molecule has 1 aliphatic heterocycles. The highest BCUT2D eigenvalue weighted by Gasteiger charge is 2.52. The molecule has 1 aliphatic carbocycles. The topological polar surface area (TPSA) is 41.6 Å². The van der Waals surface area contributed by atoms with Gasteiger partial charge in [0.1, 0.15) is 5.75 Å². The van der Waals surface area contributed by atoms with Gasteiger partial charge in [0.25, 0.3) is 0 Å². The number of amides is 1. The largest absolute Gasteiger partial charge is 0.497 e. The molecule has 0 radical (unpaired) electrons. The second-order valence-corrected chi connectivity index (χ2v) is 5.71. The second-order valence-electron chi connectivity index (χ2n) is 5.71. The molecule has 0 aromatic heterocycles. The van der Waals surface area contributed by atoms with Crippen LogP contribution in [0, 0.1) is 0 Å². The SMILES string of the molecule is COc1ccc(C2(C(=O)N3CCCNCC3)CC2)cc1. The molecule has 2 fully saturated rings. The lowest BCUT2D eigenvalue weighted by Gasteiger charge is -2.26. The number of hydrogen-bond donors (Lipinski definition) is 1. The van der Waals surface area contributed by atoms with Crippen LogP contribution in [-0.2, 0) is 10.2 Å². The Kier molecular flexibility index (Phi) is 3.66. The van der Waals surface area contributed by atoms with Crippen molar-refractivity contribution < 1.29 is 9.53 Å². The van der Waals surface area contributed by atoms with Gasteiger partial charge in [-0.25, -0.2) is 0 Å². The lowest BCUT2D eigenvalue weighted by molar-refractivity contribution is -0.133. The molecule has 0 unspecified atom stereocenters. The van der Waals surface area contributed by atoms with E-state index in [0.29, 0.717) is 5.91 Å². The van der Waals surface area contributed by atoms with E-state index in [1.54, 1.807) is 7.11 Å². The maximum absolute atomic E-state index is 12.9. The fourth-order valence-electron chi connectivity index (χ4n) is 3.01. The second kappa shape index (κ2) is 5.44. The predicted molar refractivity (Wildman–Crippen MR) is 78.0 cm³/mol. The summed E-state index contributed by atoms with van der Waals surface area (Å²) >= 11 is 0. The van der Waals surface area contributed by atoms with Crippen LogP contribution in [0.4, 0.5) is 0 Å². The van der Waals surface area contributed by atoms with E-state index in [1.807, 2.05) is 29.2 Å². The summed E-state index contributed by atoms with van der Waals surface area (Å²) in [5, 5.41) is 3.35. The van der Waals surface area contributed by atoms with Gasteiger partial charge in [0.15, 0.2) is 0 Å². The van der Waals surface area contributed by atoms with Gasteiger partial charge in [0.05, 0.1) is 12.5 Å². The van der Waals surface area contributed by atoms with E-state index in [2.05, 4.69) is 5.32 Å². The molecule has 1 N–H and O–H groups in total. The molecule has 2 aliphatic rings. The van der Waals surface area contributed by atoms with E-state index in [-0.39, 0.29) is 5.41 Å². The Morgan fingerprint density at radius 1 is 1.20 bits per heavy atom. The number of ether oxygens (including phenoxy) is 1. The minimum atomic E-state index is -0.253. The summed E-state index contributed by atoms with van der Waals surface area (Å²) in [4.78, 5) is 14.9. The van der Waals surface area contributed by atoms with E-state index in [4.69, 9.17) is 4.74 Å². The van der Waals surface area contributed by atoms with Crippen molar-refractivity contribution in [1.82, 2.24) is 10.2 Å². The number of rotatable bonds is 3. The van der Waals surface area contributed by atoms with Crippen LogP contribution in [-0.4, -0.2) is 44.1 Å². The van der Waals surface area contributed by atoms with Gasteiger partial charge in [-0.2, -0.15) is 0 Å². The van der Waals surface area contributed by atoms with Gasteiger partial charge in [-0.05, 0) is 43.5 Å². The Balaban J connectivity index is 1.78. The minimum Gasteiger partial charge on any atom is -0.497 e. The van der Waals surface area contributed by atoms with E-state index in [0.717, 1.165) is 56.8 Å². The first-order valence-corrected chi connectivity index (χ1v) is 7.41. The maximum atomic E-state index is 12.9. The van der Waals surface area contributed by atoms with Gasteiger partial charge in [-0.3, -0.25) is 4.79 Å². The molecule has 4 nitrogen and oxygen atoms in total. The third kappa shape index (κ3) is 2.40. The van der Waals surface area contributed by atoms with Crippen LogP contribution in [0.3, 0.4) is 0 Å². The molecular formula is C16H22N2O2. The summed E-state index contributed by atoms with van der Waals surface area (Å²) in [7, 11) is 1.66. The van der Waals surface area contributed by atoms with Crippen molar-refractivity contribution in [2.45, 2.75) is 24.7 Å². The zero-order chi connectivity index (χ0) is 14.0. The van der Waals surface area contributed by atoms with Crippen LogP contribution in [0.5, 0.6) is 5.75 Å². The summed E-state index contributed by atoms with van der Waals surface area (Å²) in [6.07, 6.45) is 2.99. The Labute approximate surface area is 120 Å². The Morgan fingerprint density at radius 3 is 2.60 bits per heavy atom. The van der Waals surface area contributed by atoms with E-state index in [9.17, 15) is 4.79 Å². The van der Waals surface area contributed by atoms with Crippen LogP contribution in [0.15, 0.2) is 24.3 Å². The van der Waals surface area contributed by atoms with E-state index in [1.165, 1.54) is 0 Å². The highest BCUT2D eigenvalue weighted by molar-refractivity contribution is 5.91. The molecule has 3 rings (SSSR count). The molecule has 0 spiro atoms. The zero-order valence-electron chi connectivity index (χ0n) is 12.0. The highest BCUT2D eigenvalue weighted by Crippen LogP contribution is 2.49. The van der Waals surface area contributed by atoms with Crippen LogP contribution >= 0.6 is 0 Å². The number of benzene rings is 1. The molecule has 1 amide bonds. The monoisotopic (exact) mass is 274 g/mol. The third-order valence-corrected chi connectivity index (χ3v) is 4.43. The van der Waals surface area contributed by atoms with Gasteiger partial charge in [-0.15, -0.1) is 0 Å². The molecule has 1 saturated carbocycles. The molecule has 1 saturated heterocycles. The van der Waals surface area contributed by atoms with Crippen molar-refractivity contribution in [2.75, 3.05) is 33.3 Å². The Bertz CT molecular complexity index is 472. The molecule has 0 bridgehead atoms. The maximum Gasteiger partial charge on any atom is 0.233 e. The fraction of sp³-hybridized carbons (Fsp3) is 0.562. The lowest BCUT2D eigenvalue weighted by atomic mass is 9.94. The number of methoxy groups -OCH3 is 1. The summed E-state index contributed by atoms with van der Waals surface area (Å²) in [6, 6.07) is 7.99. The molecule has 4 heteroatoms. The molecule has 1 heterocycles. The van der Waals surface area contributed by atoms with Crippen LogP contribution in [0.25, 0.3) is 0 Å². The van der Waals surface area contributed by atoms with Gasteiger partial charge in [0, 0.05) is 19.6 Å². The quantitative estimate of drug-likeness (QED) is 0.909. The smallest absolute Gasteiger partial charge is 0.233 e. The van der Waals surface area contributed by atoms with Crippen molar-refractivity contribution in [1.29, 1.82) is 0 Å². The molecule has 0 atom stereocenters. The fourth-order valence-corrected chi connectivity index (χ4v) is 3.01. The summed E-state index contributed by atoms with van der Waals surface area (Å²) in [5.74, 6) is 1.15. The number of carbonyl (C=O) groups excluding carboxylic acids is 1. The Hall–Kier alpha value is -1.55. The normalized spacial score (nSPS) is 21.1. The zero-order valence-corrected chi connectivity index (χ0v) is 12.0. The molecule has 108 valence electrons. The summed E-state index contributed by atoms with van der Waals surface area (Å²) in [5.41, 5.74) is 0.886. The van der Waals surface area contributed by atoms with E-state index >= 15 is 0 Å². The van der Waals surface area contributed by atoms with Gasteiger partial charge < -0.3 is 15.0 Å². The van der Waals surface area contributed by atoms with Gasteiger partial charge in [-0.1, -0.05) is 12.1 Å². The first kappa shape index (κ1) is 13.4. The molecule has 1 aromatic rings. The number of nitrogens with zero attached hydrogens (tertiary/aromatic N) is 1. The minimum absolute atomic E-state index is 0.253. The lowest BCUT2D eigenvalue weighted by Crippen LogP contribution is -2.41. The van der Waals surface area contributed by atoms with Crippen molar-refractivity contribution in [3.63, 3.8) is 0 Å². The van der Waals surface area contributed by atoms with Crippen molar-refractivity contribution >= 4 is 5.91 Å². The first-order chi connectivity index (χ1) is 9.76. The standard InChI is InChI=1S/C16H22N2O2/c1-20-14-5-3-13(4-6-14)16(7-8-16)15(19)18-11-2-9-17-10-12-18/h3-6,17H,2,7-12H2,1H3. The average molecular weight is 274 g/mol. The van der Waals surface area contributed by atoms with Crippen molar-refractivity contribution in [3.8, 4) is 5.75 Å². The third-order valence-electron chi connectivity index (χ3n) is 4.43. The van der Waals surface area contributed by atoms with Gasteiger partial charge >= 0.3 is 0 Å². The Morgan fingerprint density at radius 2 is 1.95 bits per heavy atom. The molecule has 1 aromatic carbocycles. The molecule has 20 heavy (non-hydrogen) atoms. The van der Waals surface area contributed by atoms with Crippen LogP contribution in [0.2, 0.25) is 0 Å². The molecular weight excluding hydrogens is 252 g/mol. The number of hydrogen-bond acceptors (Lipinski definition) is 3. The van der Waals surface area contributed by atoms with Crippen LogP contribution < -0.4 is 10.1 Å². The van der Waals surface area contributed by atoms with E-state index < -0.39 is 0 Å². The number of carbonyl (C=O) groups is 1. The predicted octanol–water partition coefficient (Wildman–Crippen LogP) is 1.55. The number of nitrogens with one attached hydrogen (secondary N) is 1. The highest BCUT2D eigenvalue weighted by atomic mass is 16.5. The van der Waals surface area contributed by atoms with Gasteiger partial charge in [0.2, 0.25) is 5.91 Å².